The van der Waals surface area contributed by atoms with Gasteiger partial charge in [-0.2, -0.15) is 0 Å². The number of hydrogen-bond donors (Lipinski definition) is 0. The summed E-state index contributed by atoms with van der Waals surface area (Å²) in [7, 11) is 0. The number of nitrogens with zero attached hydrogens (tertiary/aromatic N) is 1. The second-order valence-electron chi connectivity index (χ2n) is 1.93. The Morgan fingerprint density at radius 3 is 2.89 bits per heavy atom. The summed E-state index contributed by atoms with van der Waals surface area (Å²) >= 11 is 0. The van der Waals surface area contributed by atoms with E-state index in [-0.39, 0.29) is 0 Å². The first-order valence-electron chi connectivity index (χ1n) is 3.52. The molecule has 0 aliphatic rings. The van der Waals surface area contributed by atoms with Gasteiger partial charge >= 0.3 is 0 Å². The fourth-order valence-electron chi connectivity index (χ4n) is 0.471. The minimum Gasteiger partial charge on any atom is -0.294 e. The highest BCUT2D eigenvalue weighted by molar-refractivity contribution is 4.78. The second-order valence-corrected chi connectivity index (χ2v) is 1.93. The van der Waals surface area contributed by atoms with E-state index in [2.05, 4.69) is 25.2 Å². The molecule has 0 bridgehead atoms. The van der Waals surface area contributed by atoms with Crippen LogP contribution in [0.15, 0.2) is 12.3 Å². The van der Waals surface area contributed by atoms with Gasteiger partial charge in [0, 0.05) is 12.7 Å². The molecule has 0 rings (SSSR count). The molecule has 0 unspecified atom stereocenters. The first-order valence-corrected chi connectivity index (χ1v) is 3.52. The summed E-state index contributed by atoms with van der Waals surface area (Å²) in [6.45, 7) is 6.79. The Balaban J connectivity index is 2.86. The SMILES string of the molecule is [CH2]CCC=C[N]CCC. The molecule has 0 aromatic heterocycles. The number of rotatable bonds is 5. The van der Waals surface area contributed by atoms with E-state index in [1.54, 1.807) is 0 Å². The monoisotopic (exact) mass is 125 g/mol. The van der Waals surface area contributed by atoms with Crippen LogP contribution in [-0.4, -0.2) is 6.54 Å². The highest BCUT2D eigenvalue weighted by Crippen LogP contribution is 1.86. The van der Waals surface area contributed by atoms with E-state index < -0.39 is 0 Å². The lowest BCUT2D eigenvalue weighted by atomic mass is 10.3. The van der Waals surface area contributed by atoms with Crippen molar-refractivity contribution in [2.45, 2.75) is 26.2 Å². The van der Waals surface area contributed by atoms with E-state index in [0.29, 0.717) is 0 Å². The Hall–Kier alpha value is -0.460. The van der Waals surface area contributed by atoms with Crippen molar-refractivity contribution in [2.75, 3.05) is 6.54 Å². The minimum atomic E-state index is 0.952. The van der Waals surface area contributed by atoms with Gasteiger partial charge in [0.15, 0.2) is 0 Å². The molecule has 0 heterocycles. The van der Waals surface area contributed by atoms with Crippen LogP contribution in [0.1, 0.15) is 26.2 Å². The van der Waals surface area contributed by atoms with Crippen molar-refractivity contribution in [3.8, 4) is 0 Å². The zero-order chi connectivity index (χ0) is 6.95. The molecular weight excluding hydrogens is 110 g/mol. The summed E-state index contributed by atoms with van der Waals surface area (Å²) in [5, 5.41) is 4.12. The summed E-state index contributed by atoms with van der Waals surface area (Å²) in [6, 6.07) is 0. The van der Waals surface area contributed by atoms with Gasteiger partial charge in [-0.25, -0.2) is 0 Å². The molecule has 1 heteroatoms. The zero-order valence-corrected chi connectivity index (χ0v) is 6.14. The van der Waals surface area contributed by atoms with Crippen molar-refractivity contribution in [3.63, 3.8) is 0 Å². The van der Waals surface area contributed by atoms with Gasteiger partial charge in [0.1, 0.15) is 0 Å². The standard InChI is InChI=1S/C8H15N/c1-3-5-6-8-9-7-4-2/h6,8H,1,3-5,7H2,2H3. The third kappa shape index (κ3) is 7.54. The first kappa shape index (κ1) is 8.54. The molecular formula is C8H15N. The molecule has 2 radical (unpaired) electrons. The predicted octanol–water partition coefficient (Wildman–Crippen LogP) is 2.13. The number of hydrogen-bond acceptors (Lipinski definition) is 0. The molecule has 9 heavy (non-hydrogen) atoms. The maximum Gasteiger partial charge on any atom is 0.0386 e. The van der Waals surface area contributed by atoms with E-state index in [0.717, 1.165) is 25.8 Å². The van der Waals surface area contributed by atoms with Crippen LogP contribution in [0.25, 0.3) is 0 Å². The van der Waals surface area contributed by atoms with Crippen LogP contribution in [0.3, 0.4) is 0 Å². The molecule has 0 saturated heterocycles. The summed E-state index contributed by atoms with van der Waals surface area (Å²) in [6.07, 6.45) is 7.09. The zero-order valence-electron chi connectivity index (χ0n) is 6.14. The molecule has 0 aliphatic heterocycles. The predicted molar refractivity (Wildman–Crippen MR) is 41.0 cm³/mol. The quantitative estimate of drug-likeness (QED) is 0.500. The Kier molecular flexibility index (Phi) is 7.15. The van der Waals surface area contributed by atoms with Gasteiger partial charge in [-0.05, 0) is 19.3 Å². The van der Waals surface area contributed by atoms with E-state index in [9.17, 15) is 0 Å². The van der Waals surface area contributed by atoms with Crippen LogP contribution >= 0.6 is 0 Å². The highest BCUT2D eigenvalue weighted by Gasteiger charge is 1.75. The summed E-state index contributed by atoms with van der Waals surface area (Å²) in [5.74, 6) is 0. The molecule has 0 atom stereocenters. The van der Waals surface area contributed by atoms with Gasteiger partial charge in [-0.3, -0.25) is 5.32 Å². The molecule has 1 nitrogen and oxygen atoms in total. The molecule has 0 aromatic carbocycles. The van der Waals surface area contributed by atoms with Gasteiger partial charge in [0.25, 0.3) is 0 Å². The molecule has 0 aromatic rings. The van der Waals surface area contributed by atoms with Crippen LogP contribution in [0, 0.1) is 6.92 Å². The van der Waals surface area contributed by atoms with Crippen molar-refractivity contribution in [1.82, 2.24) is 5.32 Å². The Morgan fingerprint density at radius 2 is 2.33 bits per heavy atom. The van der Waals surface area contributed by atoms with Gasteiger partial charge in [-0.15, -0.1) is 0 Å². The molecule has 0 aliphatic carbocycles. The van der Waals surface area contributed by atoms with Gasteiger partial charge in [0.05, 0.1) is 0 Å². The molecule has 0 fully saturated rings. The molecule has 52 valence electrons. The van der Waals surface area contributed by atoms with Crippen LogP contribution in [0.2, 0.25) is 0 Å². The number of unbranched alkanes of at least 4 members (excludes halogenated alkanes) is 1. The topological polar surface area (TPSA) is 14.1 Å². The first-order chi connectivity index (χ1) is 4.41. The van der Waals surface area contributed by atoms with Gasteiger partial charge < -0.3 is 0 Å². The largest absolute Gasteiger partial charge is 0.294 e. The van der Waals surface area contributed by atoms with Crippen molar-refractivity contribution >= 4 is 0 Å². The third-order valence-corrected chi connectivity index (χ3v) is 0.934. The van der Waals surface area contributed by atoms with Crippen molar-refractivity contribution in [3.05, 3.63) is 19.2 Å². The van der Waals surface area contributed by atoms with E-state index in [1.807, 2.05) is 6.20 Å². The summed E-state index contributed by atoms with van der Waals surface area (Å²) in [5.41, 5.74) is 0. The Labute approximate surface area is 58.2 Å². The summed E-state index contributed by atoms with van der Waals surface area (Å²) in [4.78, 5) is 0. The fraction of sp³-hybridized carbons (Fsp3) is 0.625. The Bertz CT molecular complexity index is 67.0. The van der Waals surface area contributed by atoms with Crippen LogP contribution < -0.4 is 5.32 Å². The second kappa shape index (κ2) is 7.54. The third-order valence-electron chi connectivity index (χ3n) is 0.934. The van der Waals surface area contributed by atoms with Gasteiger partial charge in [-0.1, -0.05) is 19.9 Å². The molecule has 0 N–H and O–H groups in total. The van der Waals surface area contributed by atoms with Gasteiger partial charge in [0.2, 0.25) is 0 Å². The maximum absolute atomic E-state index is 4.12. The lowest BCUT2D eigenvalue weighted by molar-refractivity contribution is 0.792. The molecule has 0 amide bonds. The molecule has 0 spiro atoms. The highest BCUT2D eigenvalue weighted by atomic mass is 14.8. The van der Waals surface area contributed by atoms with E-state index in [1.165, 1.54) is 0 Å². The van der Waals surface area contributed by atoms with Crippen LogP contribution in [0.5, 0.6) is 0 Å². The van der Waals surface area contributed by atoms with Crippen molar-refractivity contribution in [2.24, 2.45) is 0 Å². The lowest BCUT2D eigenvalue weighted by Crippen LogP contribution is -1.94. The maximum atomic E-state index is 4.12. The average molecular weight is 125 g/mol. The number of allylic oxidation sites excluding steroid dienone is 1. The van der Waals surface area contributed by atoms with E-state index in [4.69, 9.17) is 0 Å². The van der Waals surface area contributed by atoms with Crippen LogP contribution in [-0.2, 0) is 0 Å². The Morgan fingerprint density at radius 1 is 1.56 bits per heavy atom. The van der Waals surface area contributed by atoms with Crippen molar-refractivity contribution in [1.29, 1.82) is 0 Å². The van der Waals surface area contributed by atoms with Crippen LogP contribution in [0.4, 0.5) is 0 Å². The fourth-order valence-corrected chi connectivity index (χ4v) is 0.471. The van der Waals surface area contributed by atoms with Crippen molar-refractivity contribution < 1.29 is 0 Å². The smallest absolute Gasteiger partial charge is 0.0386 e. The normalized spacial score (nSPS) is 10.4. The van der Waals surface area contributed by atoms with E-state index >= 15 is 0 Å². The summed E-state index contributed by atoms with van der Waals surface area (Å²) < 4.78 is 0. The lowest BCUT2D eigenvalue weighted by Gasteiger charge is -1.89. The average Bonchev–Trinajstić information content (AvgIpc) is 1.89. The minimum absolute atomic E-state index is 0.952. The molecule has 0 saturated carbocycles.